The molecule has 0 saturated heterocycles. The van der Waals surface area contributed by atoms with Crippen molar-refractivity contribution in [1.82, 2.24) is 0 Å². The Balaban J connectivity index is 3.27. The molecule has 0 aromatic rings. The first-order valence-corrected chi connectivity index (χ1v) is 2.95. The molecule has 0 radical (unpaired) electrons. The summed E-state index contributed by atoms with van der Waals surface area (Å²) in [4.78, 5) is 0. The number of hydrogen-bond donors (Lipinski definition) is 1. The standard InChI is InChI=1S/C4H5IN2/c5-3-1-2-4-7-6/h1-4,6H/b3-1-,4-2-,7-6?. The number of allylic oxidation sites excluding steroid dienone is 2. The highest BCUT2D eigenvalue weighted by molar-refractivity contribution is 14.1. The first kappa shape index (κ1) is 6.81. The molecule has 0 aliphatic carbocycles. The summed E-state index contributed by atoms with van der Waals surface area (Å²) in [5.41, 5.74) is 6.28. The monoisotopic (exact) mass is 208 g/mol. The molecular weight excluding hydrogens is 203 g/mol. The van der Waals surface area contributed by atoms with Crippen LogP contribution in [0.4, 0.5) is 0 Å². The number of nitrogens with zero attached hydrogens (tertiary/aromatic N) is 1. The van der Waals surface area contributed by atoms with Crippen LogP contribution in [0.2, 0.25) is 0 Å². The maximum absolute atomic E-state index is 6.28. The zero-order valence-corrected chi connectivity index (χ0v) is 5.79. The number of nitrogens with one attached hydrogen (secondary N) is 1. The van der Waals surface area contributed by atoms with E-state index in [2.05, 4.69) is 27.7 Å². The molecule has 0 heterocycles. The smallest absolute Gasteiger partial charge is 0.0488 e. The van der Waals surface area contributed by atoms with Crippen LogP contribution in [0.5, 0.6) is 0 Å². The summed E-state index contributed by atoms with van der Waals surface area (Å²) in [6.07, 6.45) is 4.91. The van der Waals surface area contributed by atoms with Crippen molar-refractivity contribution in [3.63, 3.8) is 0 Å². The van der Waals surface area contributed by atoms with Crippen molar-refractivity contribution < 1.29 is 0 Å². The first-order valence-electron chi connectivity index (χ1n) is 1.70. The lowest BCUT2D eigenvalue weighted by molar-refractivity contribution is 1.14. The minimum absolute atomic E-state index is 1.41. The molecule has 0 fully saturated rings. The maximum Gasteiger partial charge on any atom is 0.0488 e. The van der Waals surface area contributed by atoms with Gasteiger partial charge in [-0.05, 0) is 10.2 Å². The molecule has 38 valence electrons. The lowest BCUT2D eigenvalue weighted by Gasteiger charge is -1.63. The summed E-state index contributed by atoms with van der Waals surface area (Å²) in [5, 5.41) is 2.99. The Labute approximate surface area is 56.0 Å². The van der Waals surface area contributed by atoms with Gasteiger partial charge in [0.25, 0.3) is 0 Å². The lowest BCUT2D eigenvalue weighted by atomic mass is 10.6. The van der Waals surface area contributed by atoms with Crippen molar-refractivity contribution in [3.05, 3.63) is 22.4 Å². The summed E-state index contributed by atoms with van der Waals surface area (Å²) in [6, 6.07) is 0. The van der Waals surface area contributed by atoms with E-state index >= 15 is 0 Å². The third kappa shape index (κ3) is 5.81. The van der Waals surface area contributed by atoms with E-state index < -0.39 is 0 Å². The predicted octanol–water partition coefficient (Wildman–Crippen LogP) is 2.48. The van der Waals surface area contributed by atoms with Crippen molar-refractivity contribution in [3.8, 4) is 0 Å². The normalized spacial score (nSPS) is 11.0. The highest BCUT2D eigenvalue weighted by Crippen LogP contribution is 1.84. The van der Waals surface area contributed by atoms with Gasteiger partial charge in [-0.25, -0.2) is 5.53 Å². The summed E-state index contributed by atoms with van der Waals surface area (Å²) >= 11 is 2.09. The van der Waals surface area contributed by atoms with E-state index in [9.17, 15) is 0 Å². The van der Waals surface area contributed by atoms with Crippen molar-refractivity contribution in [1.29, 1.82) is 5.53 Å². The summed E-state index contributed by atoms with van der Waals surface area (Å²) in [5.74, 6) is 0. The molecule has 0 aliphatic rings. The van der Waals surface area contributed by atoms with E-state index in [-0.39, 0.29) is 0 Å². The van der Waals surface area contributed by atoms with E-state index in [0.717, 1.165) is 0 Å². The molecule has 0 aromatic carbocycles. The van der Waals surface area contributed by atoms with Crippen molar-refractivity contribution >= 4 is 22.6 Å². The molecule has 1 N–H and O–H groups in total. The Hall–Kier alpha value is -0.190. The Morgan fingerprint density at radius 3 is 2.57 bits per heavy atom. The van der Waals surface area contributed by atoms with E-state index in [1.165, 1.54) is 6.20 Å². The molecule has 0 atom stereocenters. The predicted molar refractivity (Wildman–Crippen MR) is 37.4 cm³/mol. The van der Waals surface area contributed by atoms with E-state index in [4.69, 9.17) is 5.53 Å². The minimum atomic E-state index is 1.41. The quantitative estimate of drug-likeness (QED) is 0.411. The molecule has 0 amide bonds. The molecule has 0 aromatic heterocycles. The Morgan fingerprint density at radius 2 is 2.14 bits per heavy atom. The van der Waals surface area contributed by atoms with Gasteiger partial charge in [0.1, 0.15) is 0 Å². The summed E-state index contributed by atoms with van der Waals surface area (Å²) in [7, 11) is 0. The van der Waals surface area contributed by atoms with Gasteiger partial charge in [0.05, 0.1) is 0 Å². The van der Waals surface area contributed by atoms with E-state index in [1.54, 1.807) is 12.2 Å². The molecule has 2 nitrogen and oxygen atoms in total. The van der Waals surface area contributed by atoms with E-state index in [1.807, 2.05) is 4.08 Å². The Kier molecular flexibility index (Phi) is 5.65. The average Bonchev–Trinajstić information content (AvgIpc) is 1.69. The molecule has 0 unspecified atom stereocenters. The largest absolute Gasteiger partial charge is 0.205 e. The van der Waals surface area contributed by atoms with Gasteiger partial charge in [-0.15, -0.1) is 0 Å². The second kappa shape index (κ2) is 5.81. The second-order valence-electron chi connectivity index (χ2n) is 0.789. The van der Waals surface area contributed by atoms with Crippen LogP contribution in [-0.4, -0.2) is 0 Å². The SMILES string of the molecule is N=N/C=C\C=C/I. The van der Waals surface area contributed by atoms with E-state index in [0.29, 0.717) is 0 Å². The Morgan fingerprint density at radius 1 is 1.43 bits per heavy atom. The molecule has 7 heavy (non-hydrogen) atoms. The number of rotatable bonds is 2. The summed E-state index contributed by atoms with van der Waals surface area (Å²) < 4.78 is 1.85. The van der Waals surface area contributed by atoms with Crippen LogP contribution in [0.1, 0.15) is 0 Å². The van der Waals surface area contributed by atoms with Crippen molar-refractivity contribution in [2.75, 3.05) is 0 Å². The van der Waals surface area contributed by atoms with Gasteiger partial charge >= 0.3 is 0 Å². The molecule has 0 aliphatic heterocycles. The van der Waals surface area contributed by atoms with Crippen LogP contribution in [0.15, 0.2) is 27.5 Å². The van der Waals surface area contributed by atoms with Crippen molar-refractivity contribution in [2.24, 2.45) is 5.11 Å². The zero-order chi connectivity index (χ0) is 5.54. The van der Waals surface area contributed by atoms with Gasteiger partial charge in [-0.2, -0.15) is 5.11 Å². The van der Waals surface area contributed by atoms with Crippen LogP contribution >= 0.6 is 22.6 Å². The van der Waals surface area contributed by atoms with Crippen LogP contribution in [0.3, 0.4) is 0 Å². The van der Waals surface area contributed by atoms with Gasteiger partial charge in [0.2, 0.25) is 0 Å². The van der Waals surface area contributed by atoms with Gasteiger partial charge in [-0.1, -0.05) is 28.7 Å². The van der Waals surface area contributed by atoms with Crippen LogP contribution < -0.4 is 0 Å². The van der Waals surface area contributed by atoms with Crippen LogP contribution in [-0.2, 0) is 0 Å². The maximum atomic E-state index is 6.28. The second-order valence-corrected chi connectivity index (χ2v) is 1.51. The van der Waals surface area contributed by atoms with Gasteiger partial charge in [0, 0.05) is 6.20 Å². The topological polar surface area (TPSA) is 36.2 Å². The fourth-order valence-electron chi connectivity index (χ4n) is 0.135. The molecular formula is C4H5IN2. The molecule has 0 spiro atoms. The van der Waals surface area contributed by atoms with Crippen LogP contribution in [0, 0.1) is 5.53 Å². The summed E-state index contributed by atoms with van der Waals surface area (Å²) in [6.45, 7) is 0. The average molecular weight is 208 g/mol. The first-order chi connectivity index (χ1) is 3.41. The zero-order valence-electron chi connectivity index (χ0n) is 3.63. The van der Waals surface area contributed by atoms with Gasteiger partial charge in [-0.3, -0.25) is 0 Å². The fourth-order valence-corrected chi connectivity index (χ4v) is 0.374. The molecule has 3 heteroatoms. The Bertz CT molecular complexity index is 95.9. The fraction of sp³-hybridized carbons (Fsp3) is 0. The molecule has 0 rings (SSSR count). The lowest BCUT2D eigenvalue weighted by Crippen LogP contribution is -1.40. The van der Waals surface area contributed by atoms with Gasteiger partial charge in [0.15, 0.2) is 0 Å². The highest BCUT2D eigenvalue weighted by atomic mass is 127. The highest BCUT2D eigenvalue weighted by Gasteiger charge is 1.54. The third-order valence-corrected chi connectivity index (χ3v) is 0.760. The molecule has 0 bridgehead atoms. The molecule has 0 saturated carbocycles. The third-order valence-electron chi connectivity index (χ3n) is 0.344. The minimum Gasteiger partial charge on any atom is -0.205 e. The van der Waals surface area contributed by atoms with Crippen LogP contribution in [0.25, 0.3) is 0 Å². The van der Waals surface area contributed by atoms with Gasteiger partial charge < -0.3 is 0 Å². The number of halogens is 1. The van der Waals surface area contributed by atoms with Crippen molar-refractivity contribution in [2.45, 2.75) is 0 Å². The number of hydrogen-bond acceptors (Lipinski definition) is 2.